The molecule has 0 spiro atoms. The highest BCUT2D eigenvalue weighted by Gasteiger charge is 2.12. The Hall–Kier alpha value is -3.61. The molecule has 0 aliphatic heterocycles. The van der Waals surface area contributed by atoms with Gasteiger partial charge in [0.2, 0.25) is 5.96 Å². The Morgan fingerprint density at radius 3 is 2.30 bits per heavy atom. The molecule has 0 saturated carbocycles. The van der Waals surface area contributed by atoms with Gasteiger partial charge in [-0.3, -0.25) is 19.8 Å². The van der Waals surface area contributed by atoms with Gasteiger partial charge in [-0.2, -0.15) is 5.10 Å². The van der Waals surface area contributed by atoms with Crippen molar-refractivity contribution in [2.45, 2.75) is 41.0 Å². The third-order valence-corrected chi connectivity index (χ3v) is 5.43. The first-order chi connectivity index (χ1) is 15.8. The molecule has 0 saturated heterocycles. The minimum Gasteiger partial charge on any atom is -0.494 e. The van der Waals surface area contributed by atoms with E-state index < -0.39 is 0 Å². The van der Waals surface area contributed by atoms with Crippen LogP contribution in [0.25, 0.3) is 0 Å². The number of guanidine groups is 1. The number of ether oxygens (including phenoxy) is 1. The van der Waals surface area contributed by atoms with Gasteiger partial charge < -0.3 is 10.1 Å². The van der Waals surface area contributed by atoms with Crippen molar-refractivity contribution in [1.82, 2.24) is 15.1 Å². The maximum atomic E-state index is 13.0. The molecule has 1 aromatic heterocycles. The normalized spacial score (nSPS) is 11.4. The zero-order chi connectivity index (χ0) is 24.0. The molecule has 0 radical (unpaired) electrons. The summed E-state index contributed by atoms with van der Waals surface area (Å²) in [7, 11) is 1.94. The SMILES string of the molecule is CCOc1ccc(NC(=NCCc2c(C)nn(C)c2C)NC(=O)c2cc(C)cc(C)c2)cc1. The number of nitrogens with one attached hydrogen (secondary N) is 2. The predicted molar refractivity (Wildman–Crippen MR) is 133 cm³/mol. The van der Waals surface area contributed by atoms with Gasteiger partial charge in [-0.05, 0) is 83.0 Å². The molecule has 3 aromatic rings. The second-order valence-electron chi connectivity index (χ2n) is 8.17. The van der Waals surface area contributed by atoms with Crippen LogP contribution in [0.15, 0.2) is 47.5 Å². The van der Waals surface area contributed by atoms with Gasteiger partial charge in [-0.15, -0.1) is 0 Å². The molecule has 0 aliphatic rings. The van der Waals surface area contributed by atoms with Crippen LogP contribution in [0.3, 0.4) is 0 Å². The van der Waals surface area contributed by atoms with Gasteiger partial charge in [0, 0.05) is 30.5 Å². The quantitative estimate of drug-likeness (QED) is 0.413. The van der Waals surface area contributed by atoms with Crippen LogP contribution in [-0.4, -0.2) is 34.8 Å². The molecule has 174 valence electrons. The highest BCUT2D eigenvalue weighted by Crippen LogP contribution is 2.16. The first-order valence-corrected chi connectivity index (χ1v) is 11.2. The summed E-state index contributed by atoms with van der Waals surface area (Å²) in [5.41, 5.74) is 6.82. The summed E-state index contributed by atoms with van der Waals surface area (Å²) >= 11 is 0. The topological polar surface area (TPSA) is 80.5 Å². The van der Waals surface area contributed by atoms with Gasteiger partial charge in [0.1, 0.15) is 5.75 Å². The minimum atomic E-state index is -0.201. The molecule has 7 nitrogen and oxygen atoms in total. The second kappa shape index (κ2) is 10.8. The maximum absolute atomic E-state index is 13.0. The van der Waals surface area contributed by atoms with Gasteiger partial charge in [0.25, 0.3) is 5.91 Å². The number of carbonyl (C=O) groups excluding carboxylic acids is 1. The zero-order valence-electron chi connectivity index (χ0n) is 20.3. The highest BCUT2D eigenvalue weighted by molar-refractivity contribution is 6.10. The monoisotopic (exact) mass is 447 g/mol. The maximum Gasteiger partial charge on any atom is 0.257 e. The molecule has 3 rings (SSSR count). The molecule has 2 N–H and O–H groups in total. The lowest BCUT2D eigenvalue weighted by Gasteiger charge is -2.13. The summed E-state index contributed by atoms with van der Waals surface area (Å²) in [5.74, 6) is 0.999. The number of amides is 1. The largest absolute Gasteiger partial charge is 0.494 e. The fourth-order valence-electron chi connectivity index (χ4n) is 3.79. The van der Waals surface area contributed by atoms with Crippen LogP contribution in [-0.2, 0) is 13.5 Å². The number of rotatable bonds is 7. The second-order valence-corrected chi connectivity index (χ2v) is 8.17. The van der Waals surface area contributed by atoms with Gasteiger partial charge in [-0.1, -0.05) is 17.2 Å². The summed E-state index contributed by atoms with van der Waals surface area (Å²) in [6.45, 7) is 11.1. The van der Waals surface area contributed by atoms with Crippen molar-refractivity contribution in [3.8, 4) is 5.75 Å². The summed E-state index contributed by atoms with van der Waals surface area (Å²) in [4.78, 5) is 17.6. The average molecular weight is 448 g/mol. The molecule has 0 atom stereocenters. The van der Waals surface area contributed by atoms with E-state index in [1.807, 2.05) is 81.9 Å². The first-order valence-electron chi connectivity index (χ1n) is 11.2. The summed E-state index contributed by atoms with van der Waals surface area (Å²) in [6, 6.07) is 13.4. The molecule has 0 aliphatic carbocycles. The lowest BCUT2D eigenvalue weighted by atomic mass is 10.1. The van der Waals surface area contributed by atoms with E-state index in [4.69, 9.17) is 4.74 Å². The van der Waals surface area contributed by atoms with E-state index >= 15 is 0 Å². The van der Waals surface area contributed by atoms with E-state index in [0.717, 1.165) is 40.4 Å². The number of aliphatic imine (C=N–C) groups is 1. The fourth-order valence-corrected chi connectivity index (χ4v) is 3.79. The number of aryl methyl sites for hydroxylation is 4. The zero-order valence-corrected chi connectivity index (χ0v) is 20.3. The fraction of sp³-hybridized carbons (Fsp3) is 0.346. The molecule has 7 heteroatoms. The molecule has 1 heterocycles. The Kier molecular flexibility index (Phi) is 7.87. The van der Waals surface area contributed by atoms with E-state index in [1.165, 1.54) is 5.56 Å². The van der Waals surface area contributed by atoms with Crippen LogP contribution >= 0.6 is 0 Å². The molecule has 0 unspecified atom stereocenters. The van der Waals surface area contributed by atoms with Gasteiger partial charge in [0.05, 0.1) is 12.3 Å². The van der Waals surface area contributed by atoms with Gasteiger partial charge >= 0.3 is 0 Å². The number of hydrogen-bond acceptors (Lipinski definition) is 4. The Labute approximate surface area is 195 Å². The number of anilines is 1. The smallest absolute Gasteiger partial charge is 0.257 e. The van der Waals surface area contributed by atoms with Gasteiger partial charge in [0.15, 0.2) is 0 Å². The van der Waals surface area contributed by atoms with E-state index in [-0.39, 0.29) is 5.91 Å². The Morgan fingerprint density at radius 1 is 1.06 bits per heavy atom. The molecule has 0 bridgehead atoms. The molecule has 0 fully saturated rings. The number of aromatic nitrogens is 2. The van der Waals surface area contributed by atoms with Crippen LogP contribution in [0.2, 0.25) is 0 Å². The highest BCUT2D eigenvalue weighted by atomic mass is 16.5. The summed E-state index contributed by atoms with van der Waals surface area (Å²) in [6.07, 6.45) is 0.736. The number of nitrogens with zero attached hydrogens (tertiary/aromatic N) is 3. The minimum absolute atomic E-state index is 0.201. The van der Waals surface area contributed by atoms with Crippen molar-refractivity contribution < 1.29 is 9.53 Å². The van der Waals surface area contributed by atoms with Crippen LogP contribution in [0.1, 0.15) is 45.4 Å². The molecular formula is C26H33N5O2. The Morgan fingerprint density at radius 2 is 1.73 bits per heavy atom. The standard InChI is InChI=1S/C26H33N5O2/c1-7-33-23-10-8-22(9-11-23)28-26(27-13-12-24-19(4)30-31(6)20(24)5)29-25(32)21-15-17(2)14-18(3)16-21/h8-11,14-16H,7,12-13H2,1-6H3,(H2,27,28,29,32). The van der Waals surface area contributed by atoms with Crippen molar-refractivity contribution in [2.75, 3.05) is 18.5 Å². The van der Waals surface area contributed by atoms with Crippen molar-refractivity contribution in [2.24, 2.45) is 12.0 Å². The Bertz CT molecular complexity index is 1130. The van der Waals surface area contributed by atoms with Gasteiger partial charge in [-0.25, -0.2) is 0 Å². The summed E-state index contributed by atoms with van der Waals surface area (Å²) < 4.78 is 7.40. The number of benzene rings is 2. The van der Waals surface area contributed by atoms with Crippen LogP contribution in [0.5, 0.6) is 5.75 Å². The molecule has 1 amide bonds. The molecule has 2 aromatic carbocycles. The lowest BCUT2D eigenvalue weighted by molar-refractivity contribution is 0.0976. The van der Waals surface area contributed by atoms with Crippen molar-refractivity contribution in [3.63, 3.8) is 0 Å². The first kappa shape index (κ1) is 24.0. The lowest BCUT2D eigenvalue weighted by Crippen LogP contribution is -2.36. The van der Waals surface area contributed by atoms with Crippen molar-refractivity contribution in [1.29, 1.82) is 0 Å². The third kappa shape index (κ3) is 6.44. The predicted octanol–water partition coefficient (Wildman–Crippen LogP) is 4.49. The van der Waals surface area contributed by atoms with E-state index in [1.54, 1.807) is 0 Å². The summed E-state index contributed by atoms with van der Waals surface area (Å²) in [5, 5.41) is 10.7. The van der Waals surface area contributed by atoms with Crippen LogP contribution < -0.4 is 15.4 Å². The third-order valence-electron chi connectivity index (χ3n) is 5.43. The van der Waals surface area contributed by atoms with E-state index in [0.29, 0.717) is 24.7 Å². The Balaban J connectivity index is 1.79. The van der Waals surface area contributed by atoms with E-state index in [2.05, 4.69) is 27.6 Å². The van der Waals surface area contributed by atoms with Crippen LogP contribution in [0, 0.1) is 27.7 Å². The number of carbonyl (C=O) groups is 1. The van der Waals surface area contributed by atoms with Crippen molar-refractivity contribution >= 4 is 17.6 Å². The molecule has 33 heavy (non-hydrogen) atoms. The van der Waals surface area contributed by atoms with E-state index in [9.17, 15) is 4.79 Å². The molecular weight excluding hydrogens is 414 g/mol. The van der Waals surface area contributed by atoms with Crippen LogP contribution in [0.4, 0.5) is 5.69 Å². The van der Waals surface area contributed by atoms with Crippen molar-refractivity contribution in [3.05, 3.63) is 76.1 Å². The number of hydrogen-bond donors (Lipinski definition) is 2. The average Bonchev–Trinajstić information content (AvgIpc) is 3.00.